The Balaban J connectivity index is 1.41. The van der Waals surface area contributed by atoms with Crippen molar-refractivity contribution in [1.29, 1.82) is 0 Å². The van der Waals surface area contributed by atoms with Crippen LogP contribution >= 0.6 is 0 Å². The second-order valence-corrected chi connectivity index (χ2v) is 9.02. The molecule has 0 bridgehead atoms. The van der Waals surface area contributed by atoms with E-state index in [1.54, 1.807) is 24.5 Å². The minimum atomic E-state index is -3.83. The number of nitrogens with one attached hydrogen (secondary N) is 1. The van der Waals surface area contributed by atoms with Crippen LogP contribution < -0.4 is 4.72 Å². The Kier molecular flexibility index (Phi) is 4.61. The van der Waals surface area contributed by atoms with Crippen LogP contribution in [0.5, 0.6) is 0 Å². The molecule has 0 radical (unpaired) electrons. The summed E-state index contributed by atoms with van der Waals surface area (Å²) >= 11 is 0. The SMILES string of the molecule is O=C(NS(=O)(=O)c1ccc(C2CCCCC2)cc1)C1CC1c1ccco1. The summed E-state index contributed by atoms with van der Waals surface area (Å²) in [6.07, 6.45) is 8.27. The molecule has 2 aliphatic carbocycles. The molecular weight excluding hydrogens is 350 g/mol. The zero-order valence-corrected chi connectivity index (χ0v) is 15.4. The van der Waals surface area contributed by atoms with Crippen molar-refractivity contribution in [2.24, 2.45) is 5.92 Å². The molecular formula is C20H23NO4S. The van der Waals surface area contributed by atoms with Crippen molar-refractivity contribution in [2.45, 2.75) is 55.3 Å². The van der Waals surface area contributed by atoms with Crippen LogP contribution in [-0.2, 0) is 14.8 Å². The lowest BCUT2D eigenvalue weighted by molar-refractivity contribution is -0.120. The highest BCUT2D eigenvalue weighted by Crippen LogP contribution is 2.47. The summed E-state index contributed by atoms with van der Waals surface area (Å²) < 4.78 is 32.5. The van der Waals surface area contributed by atoms with Crippen molar-refractivity contribution in [3.05, 3.63) is 54.0 Å². The number of furan rings is 1. The lowest BCUT2D eigenvalue weighted by Crippen LogP contribution is -2.32. The second kappa shape index (κ2) is 6.91. The number of hydrogen-bond acceptors (Lipinski definition) is 4. The first-order chi connectivity index (χ1) is 12.5. The third kappa shape index (κ3) is 3.56. The van der Waals surface area contributed by atoms with Gasteiger partial charge in [0.2, 0.25) is 5.91 Å². The molecule has 2 aliphatic rings. The molecule has 6 heteroatoms. The van der Waals surface area contributed by atoms with Crippen molar-refractivity contribution >= 4 is 15.9 Å². The number of hydrogen-bond donors (Lipinski definition) is 1. The molecule has 26 heavy (non-hydrogen) atoms. The summed E-state index contributed by atoms with van der Waals surface area (Å²) in [5.41, 5.74) is 1.19. The molecule has 0 aliphatic heterocycles. The fraction of sp³-hybridized carbons (Fsp3) is 0.450. The van der Waals surface area contributed by atoms with Gasteiger partial charge in [-0.15, -0.1) is 0 Å². The molecule has 1 N–H and O–H groups in total. The summed E-state index contributed by atoms with van der Waals surface area (Å²) in [5, 5.41) is 0. The van der Waals surface area contributed by atoms with Gasteiger partial charge in [0.05, 0.1) is 11.2 Å². The number of sulfonamides is 1. The number of amides is 1. The van der Waals surface area contributed by atoms with E-state index in [1.807, 2.05) is 18.2 Å². The smallest absolute Gasteiger partial charge is 0.264 e. The lowest BCUT2D eigenvalue weighted by Gasteiger charge is -2.22. The minimum absolute atomic E-state index is 0.0196. The van der Waals surface area contributed by atoms with E-state index in [1.165, 1.54) is 37.7 Å². The fourth-order valence-electron chi connectivity index (χ4n) is 3.92. The maximum Gasteiger partial charge on any atom is 0.264 e. The molecule has 2 aromatic rings. The Bertz CT molecular complexity index is 865. The molecule has 4 rings (SSSR count). The van der Waals surface area contributed by atoms with Gasteiger partial charge in [0.1, 0.15) is 5.76 Å². The summed E-state index contributed by atoms with van der Waals surface area (Å²) in [6.45, 7) is 0. The highest BCUT2D eigenvalue weighted by molar-refractivity contribution is 7.90. The van der Waals surface area contributed by atoms with Crippen LogP contribution in [0.4, 0.5) is 0 Å². The van der Waals surface area contributed by atoms with Gasteiger partial charge in [0, 0.05) is 11.8 Å². The summed E-state index contributed by atoms with van der Waals surface area (Å²) in [5.74, 6) is 0.448. The van der Waals surface area contributed by atoms with Gasteiger partial charge in [-0.2, -0.15) is 0 Å². The Labute approximate surface area is 153 Å². The Morgan fingerprint density at radius 2 is 1.77 bits per heavy atom. The van der Waals surface area contributed by atoms with Crippen LogP contribution in [0.15, 0.2) is 52.0 Å². The van der Waals surface area contributed by atoms with E-state index in [-0.39, 0.29) is 16.7 Å². The zero-order valence-electron chi connectivity index (χ0n) is 14.6. The number of rotatable bonds is 5. The third-order valence-electron chi connectivity index (χ3n) is 5.54. The number of carbonyl (C=O) groups is 1. The normalized spacial score (nSPS) is 23.5. The van der Waals surface area contributed by atoms with Crippen molar-refractivity contribution in [2.75, 3.05) is 0 Å². The quantitative estimate of drug-likeness (QED) is 0.861. The predicted octanol–water partition coefficient (Wildman–Crippen LogP) is 3.94. The van der Waals surface area contributed by atoms with Crippen LogP contribution in [-0.4, -0.2) is 14.3 Å². The van der Waals surface area contributed by atoms with Gasteiger partial charge in [-0.1, -0.05) is 31.4 Å². The lowest BCUT2D eigenvalue weighted by atomic mass is 9.84. The average molecular weight is 373 g/mol. The number of benzene rings is 1. The molecule has 1 amide bonds. The molecule has 2 fully saturated rings. The first kappa shape index (κ1) is 17.3. The van der Waals surface area contributed by atoms with Crippen LogP contribution in [0.3, 0.4) is 0 Å². The molecule has 2 saturated carbocycles. The molecule has 1 aromatic carbocycles. The van der Waals surface area contributed by atoms with Gasteiger partial charge in [-0.25, -0.2) is 13.1 Å². The third-order valence-corrected chi connectivity index (χ3v) is 6.90. The Morgan fingerprint density at radius 1 is 1.04 bits per heavy atom. The maximum absolute atomic E-state index is 12.5. The van der Waals surface area contributed by atoms with E-state index in [2.05, 4.69) is 4.72 Å². The van der Waals surface area contributed by atoms with Crippen molar-refractivity contribution in [1.82, 2.24) is 4.72 Å². The molecule has 0 saturated heterocycles. The summed E-state index contributed by atoms with van der Waals surface area (Å²) in [6, 6.07) is 10.6. The van der Waals surface area contributed by atoms with Crippen molar-refractivity contribution in [3.8, 4) is 0 Å². The largest absolute Gasteiger partial charge is 0.469 e. The zero-order chi connectivity index (χ0) is 18.1. The first-order valence-electron chi connectivity index (χ1n) is 9.24. The molecule has 2 unspecified atom stereocenters. The monoisotopic (exact) mass is 373 g/mol. The molecule has 138 valence electrons. The van der Waals surface area contributed by atoms with Crippen LogP contribution in [0.1, 0.15) is 61.7 Å². The first-order valence-corrected chi connectivity index (χ1v) is 10.7. The van der Waals surface area contributed by atoms with E-state index >= 15 is 0 Å². The average Bonchev–Trinajstić information content (AvgIpc) is 3.28. The van der Waals surface area contributed by atoms with Crippen LogP contribution in [0, 0.1) is 5.92 Å². The van der Waals surface area contributed by atoms with Crippen molar-refractivity contribution in [3.63, 3.8) is 0 Å². The van der Waals surface area contributed by atoms with Gasteiger partial charge >= 0.3 is 0 Å². The molecule has 5 nitrogen and oxygen atoms in total. The Morgan fingerprint density at radius 3 is 2.42 bits per heavy atom. The predicted molar refractivity (Wildman–Crippen MR) is 97.2 cm³/mol. The standard InChI is InChI=1S/C20H23NO4S/c22-20(18-13-17(18)19-7-4-12-25-19)21-26(23,24)16-10-8-15(9-11-16)14-5-2-1-3-6-14/h4,7-12,14,17-18H,1-3,5-6,13H2,(H,21,22). The van der Waals surface area contributed by atoms with E-state index in [0.717, 1.165) is 5.76 Å². The number of carbonyl (C=O) groups excluding carboxylic acids is 1. The maximum atomic E-state index is 12.5. The highest BCUT2D eigenvalue weighted by Gasteiger charge is 2.46. The minimum Gasteiger partial charge on any atom is -0.469 e. The molecule has 1 aromatic heterocycles. The summed E-state index contributed by atoms with van der Waals surface area (Å²) in [4.78, 5) is 12.4. The van der Waals surface area contributed by atoms with Gasteiger partial charge < -0.3 is 4.42 Å². The van der Waals surface area contributed by atoms with Crippen molar-refractivity contribution < 1.29 is 17.6 Å². The van der Waals surface area contributed by atoms with Crippen LogP contribution in [0.2, 0.25) is 0 Å². The van der Waals surface area contributed by atoms with E-state index in [4.69, 9.17) is 4.42 Å². The van der Waals surface area contributed by atoms with Crippen LogP contribution in [0.25, 0.3) is 0 Å². The van der Waals surface area contributed by atoms with Gasteiger partial charge in [0.25, 0.3) is 10.0 Å². The van der Waals surface area contributed by atoms with E-state index in [0.29, 0.717) is 12.3 Å². The summed E-state index contributed by atoms with van der Waals surface area (Å²) in [7, 11) is -3.83. The van der Waals surface area contributed by atoms with E-state index < -0.39 is 15.9 Å². The van der Waals surface area contributed by atoms with Gasteiger partial charge in [-0.05, 0) is 55.0 Å². The van der Waals surface area contributed by atoms with Gasteiger partial charge in [0.15, 0.2) is 0 Å². The second-order valence-electron chi connectivity index (χ2n) is 7.34. The molecule has 0 spiro atoms. The fourth-order valence-corrected chi connectivity index (χ4v) is 4.95. The Hall–Kier alpha value is -2.08. The topological polar surface area (TPSA) is 76.4 Å². The van der Waals surface area contributed by atoms with Gasteiger partial charge in [-0.3, -0.25) is 4.79 Å². The molecule has 1 heterocycles. The molecule has 2 atom stereocenters. The highest BCUT2D eigenvalue weighted by atomic mass is 32.2. The van der Waals surface area contributed by atoms with E-state index in [9.17, 15) is 13.2 Å².